The van der Waals surface area contributed by atoms with E-state index < -0.39 is 0 Å². The average molecular weight is 405 g/mol. The van der Waals surface area contributed by atoms with E-state index in [0.717, 1.165) is 33.9 Å². The summed E-state index contributed by atoms with van der Waals surface area (Å²) >= 11 is 6.92. The van der Waals surface area contributed by atoms with Crippen molar-refractivity contribution in [3.63, 3.8) is 0 Å². The molecule has 0 N–H and O–H groups in total. The van der Waals surface area contributed by atoms with E-state index in [2.05, 4.69) is 59.6 Å². The van der Waals surface area contributed by atoms with Crippen molar-refractivity contribution in [1.29, 1.82) is 0 Å². The van der Waals surface area contributed by atoms with Gasteiger partial charge in [-0.25, -0.2) is 0 Å². The zero-order valence-corrected chi connectivity index (χ0v) is 15.8. The Kier molecular flexibility index (Phi) is 7.24. The summed E-state index contributed by atoms with van der Waals surface area (Å²) in [6.45, 7) is 9.39. The average Bonchev–Trinajstić information content (AvgIpc) is 2.37. The molecule has 0 radical (unpaired) electrons. The molecule has 0 saturated carbocycles. The topological polar surface area (TPSA) is 20.3 Å². The molecule has 112 valence electrons. The van der Waals surface area contributed by atoms with Gasteiger partial charge in [0.25, 0.3) is 5.91 Å². The van der Waals surface area contributed by atoms with Gasteiger partial charge >= 0.3 is 0 Å². The molecule has 0 aliphatic heterocycles. The molecule has 1 rings (SSSR count). The Bertz CT molecular complexity index is 456. The molecule has 0 atom stereocenters. The molecule has 4 heteroatoms. The minimum atomic E-state index is 0.117. The summed E-state index contributed by atoms with van der Waals surface area (Å²) in [6.07, 6.45) is 1.98. The van der Waals surface area contributed by atoms with Crippen LogP contribution in [0.2, 0.25) is 0 Å². The van der Waals surface area contributed by atoms with Crippen LogP contribution in [-0.4, -0.2) is 23.4 Å². The van der Waals surface area contributed by atoms with E-state index in [9.17, 15) is 4.79 Å². The van der Waals surface area contributed by atoms with E-state index in [4.69, 9.17) is 0 Å². The smallest absolute Gasteiger partial charge is 0.255 e. The van der Waals surface area contributed by atoms with Gasteiger partial charge in [0.15, 0.2) is 0 Å². The van der Waals surface area contributed by atoms with Crippen LogP contribution >= 0.6 is 31.9 Å². The van der Waals surface area contributed by atoms with Crippen LogP contribution < -0.4 is 0 Å². The van der Waals surface area contributed by atoms with Gasteiger partial charge in [-0.1, -0.05) is 43.6 Å². The van der Waals surface area contributed by atoms with E-state index in [1.807, 2.05) is 23.1 Å². The van der Waals surface area contributed by atoms with E-state index in [0.29, 0.717) is 12.0 Å². The highest BCUT2D eigenvalue weighted by Crippen LogP contribution is 2.25. The number of amides is 1. The molecule has 0 saturated heterocycles. The summed E-state index contributed by atoms with van der Waals surface area (Å²) in [6, 6.07) is 6.03. The van der Waals surface area contributed by atoms with Gasteiger partial charge in [-0.15, -0.1) is 0 Å². The maximum absolute atomic E-state index is 12.9. The molecule has 1 aromatic rings. The molecule has 20 heavy (non-hydrogen) atoms. The van der Waals surface area contributed by atoms with Gasteiger partial charge in [-0.3, -0.25) is 4.79 Å². The lowest BCUT2D eigenvalue weighted by Gasteiger charge is -2.32. The number of nitrogens with zero attached hydrogens (tertiary/aromatic N) is 1. The Morgan fingerprint density at radius 1 is 1.20 bits per heavy atom. The maximum atomic E-state index is 12.9. The zero-order chi connectivity index (χ0) is 15.3. The van der Waals surface area contributed by atoms with Crippen LogP contribution in [0.5, 0.6) is 0 Å². The van der Waals surface area contributed by atoms with Crippen LogP contribution in [0, 0.1) is 5.92 Å². The molecule has 0 bridgehead atoms. The Morgan fingerprint density at radius 3 is 2.25 bits per heavy atom. The highest BCUT2D eigenvalue weighted by Gasteiger charge is 2.24. The first kappa shape index (κ1) is 17.7. The van der Waals surface area contributed by atoms with Crippen molar-refractivity contribution >= 4 is 37.8 Å². The van der Waals surface area contributed by atoms with Crippen LogP contribution in [0.25, 0.3) is 0 Å². The summed E-state index contributed by atoms with van der Waals surface area (Å²) in [5, 5.41) is 0. The molecule has 0 aromatic heterocycles. The first-order valence-corrected chi connectivity index (χ1v) is 8.75. The monoisotopic (exact) mass is 403 g/mol. The van der Waals surface area contributed by atoms with Crippen molar-refractivity contribution in [2.75, 3.05) is 6.54 Å². The fraction of sp³-hybridized carbons (Fsp3) is 0.562. The lowest BCUT2D eigenvalue weighted by atomic mass is 10.1. The normalized spacial score (nSPS) is 11.2. The van der Waals surface area contributed by atoms with Crippen molar-refractivity contribution in [2.45, 2.75) is 46.6 Å². The van der Waals surface area contributed by atoms with Crippen molar-refractivity contribution in [1.82, 2.24) is 4.90 Å². The second kappa shape index (κ2) is 8.18. The number of carbonyl (C=O) groups excluding carboxylic acids is 1. The number of hydrogen-bond donors (Lipinski definition) is 0. The molecule has 0 spiro atoms. The van der Waals surface area contributed by atoms with Crippen LogP contribution in [0.4, 0.5) is 0 Å². The number of hydrogen-bond acceptors (Lipinski definition) is 1. The summed E-state index contributed by atoms with van der Waals surface area (Å²) in [5.74, 6) is 0.584. The van der Waals surface area contributed by atoms with E-state index >= 15 is 0 Å². The summed E-state index contributed by atoms with van der Waals surface area (Å²) in [5.41, 5.74) is 0.737. The van der Waals surface area contributed by atoms with Crippen molar-refractivity contribution < 1.29 is 4.79 Å². The Balaban J connectivity index is 3.09. The number of rotatable bonds is 6. The van der Waals surface area contributed by atoms with Gasteiger partial charge in [-0.05, 0) is 52.9 Å². The second-order valence-corrected chi connectivity index (χ2v) is 7.22. The molecule has 0 aliphatic rings. The summed E-state index contributed by atoms with van der Waals surface area (Å²) in [7, 11) is 0. The fourth-order valence-electron chi connectivity index (χ4n) is 2.34. The van der Waals surface area contributed by atoms with Gasteiger partial charge in [0, 0.05) is 21.5 Å². The largest absolute Gasteiger partial charge is 0.335 e. The third-order valence-corrected chi connectivity index (χ3v) is 4.52. The predicted molar refractivity (Wildman–Crippen MR) is 92.1 cm³/mol. The van der Waals surface area contributed by atoms with Crippen LogP contribution in [0.1, 0.15) is 50.9 Å². The fourth-order valence-corrected chi connectivity index (χ4v) is 3.55. The molecule has 0 aliphatic carbocycles. The van der Waals surface area contributed by atoms with Gasteiger partial charge in [0.2, 0.25) is 0 Å². The third kappa shape index (κ3) is 4.59. The molecule has 1 amide bonds. The quantitative estimate of drug-likeness (QED) is 0.612. The van der Waals surface area contributed by atoms with Gasteiger partial charge in [-0.2, -0.15) is 0 Å². The molecule has 1 aromatic carbocycles. The minimum Gasteiger partial charge on any atom is -0.335 e. The summed E-state index contributed by atoms with van der Waals surface area (Å²) < 4.78 is 1.82. The molecule has 0 heterocycles. The van der Waals surface area contributed by atoms with Crippen LogP contribution in [0.15, 0.2) is 27.1 Å². The van der Waals surface area contributed by atoms with Crippen LogP contribution in [-0.2, 0) is 0 Å². The number of benzene rings is 1. The second-order valence-electron chi connectivity index (χ2n) is 5.45. The molecule has 0 unspecified atom stereocenters. The molecular weight excluding hydrogens is 382 g/mol. The molecular formula is C16H23Br2NO. The van der Waals surface area contributed by atoms with Crippen molar-refractivity contribution in [2.24, 2.45) is 5.92 Å². The van der Waals surface area contributed by atoms with E-state index in [-0.39, 0.29) is 5.91 Å². The first-order valence-electron chi connectivity index (χ1n) is 7.16. The van der Waals surface area contributed by atoms with Gasteiger partial charge < -0.3 is 4.90 Å². The Morgan fingerprint density at radius 2 is 1.80 bits per heavy atom. The number of halogens is 2. The van der Waals surface area contributed by atoms with Gasteiger partial charge in [0.05, 0.1) is 5.56 Å². The SMILES string of the molecule is CCC(CC)N(CC(C)C)C(=O)c1ccc(Br)cc1Br. The number of carbonyl (C=O) groups is 1. The zero-order valence-electron chi connectivity index (χ0n) is 12.6. The van der Waals surface area contributed by atoms with E-state index in [1.54, 1.807) is 0 Å². The standard InChI is InChI=1S/C16H23Br2NO/c1-5-13(6-2)19(10-11(3)4)16(20)14-8-7-12(17)9-15(14)18/h7-9,11,13H,5-6,10H2,1-4H3. The third-order valence-electron chi connectivity index (χ3n) is 3.37. The van der Waals surface area contributed by atoms with Crippen LogP contribution in [0.3, 0.4) is 0 Å². The summed E-state index contributed by atoms with van der Waals surface area (Å²) in [4.78, 5) is 14.9. The molecule has 0 fully saturated rings. The highest BCUT2D eigenvalue weighted by atomic mass is 79.9. The lowest BCUT2D eigenvalue weighted by molar-refractivity contribution is 0.0639. The first-order chi connectivity index (χ1) is 9.40. The minimum absolute atomic E-state index is 0.117. The maximum Gasteiger partial charge on any atom is 0.255 e. The van der Waals surface area contributed by atoms with Crippen molar-refractivity contribution in [3.05, 3.63) is 32.7 Å². The predicted octanol–water partition coefficient (Wildman–Crippen LogP) is 5.50. The lowest BCUT2D eigenvalue weighted by Crippen LogP contribution is -2.42. The Hall–Kier alpha value is -0.350. The Labute approximate surface area is 139 Å². The van der Waals surface area contributed by atoms with E-state index in [1.165, 1.54) is 0 Å². The highest BCUT2D eigenvalue weighted by molar-refractivity contribution is 9.11. The van der Waals surface area contributed by atoms with Crippen molar-refractivity contribution in [3.8, 4) is 0 Å². The van der Waals surface area contributed by atoms with Gasteiger partial charge in [0.1, 0.15) is 0 Å². The molecule has 2 nitrogen and oxygen atoms in total.